The highest BCUT2D eigenvalue weighted by Gasteiger charge is 2.08. The molecule has 1 aromatic rings. The van der Waals surface area contributed by atoms with Crippen LogP contribution in [0.1, 0.15) is 17.7 Å². The summed E-state index contributed by atoms with van der Waals surface area (Å²) in [5, 5.41) is 6.74. The van der Waals surface area contributed by atoms with Gasteiger partial charge in [-0.25, -0.2) is 13.1 Å². The van der Waals surface area contributed by atoms with Crippen LogP contribution in [-0.4, -0.2) is 36.8 Å². The zero-order valence-corrected chi connectivity index (χ0v) is 10.7. The molecule has 0 spiro atoms. The molecule has 1 rings (SSSR count). The molecule has 2 N–H and O–H groups in total. The van der Waals surface area contributed by atoms with Crippen molar-refractivity contribution in [1.29, 1.82) is 0 Å². The van der Waals surface area contributed by atoms with Crippen LogP contribution in [0, 0.1) is 6.92 Å². The first-order valence-electron chi connectivity index (χ1n) is 5.07. The van der Waals surface area contributed by atoms with Crippen LogP contribution in [-0.2, 0) is 16.4 Å². The third-order valence-corrected chi connectivity index (χ3v) is 4.02. The third-order valence-electron chi connectivity index (χ3n) is 2.23. The van der Waals surface area contributed by atoms with Crippen molar-refractivity contribution >= 4 is 21.6 Å². The van der Waals surface area contributed by atoms with Gasteiger partial charge in [-0.05, 0) is 25.3 Å². The maximum atomic E-state index is 11.2. The summed E-state index contributed by atoms with van der Waals surface area (Å²) >= 11 is 5.37. The molecule has 0 atom stereocenters. The van der Waals surface area contributed by atoms with Crippen LogP contribution in [0.5, 0.6) is 0 Å². The summed E-state index contributed by atoms with van der Waals surface area (Å²) in [7, 11) is -3.19. The Morgan fingerprint density at radius 2 is 2.31 bits per heavy atom. The van der Waals surface area contributed by atoms with Gasteiger partial charge in [0.15, 0.2) is 0 Å². The number of aromatic nitrogens is 2. The topological polar surface area (TPSA) is 74.8 Å². The molecule has 16 heavy (non-hydrogen) atoms. The monoisotopic (exact) mass is 265 g/mol. The van der Waals surface area contributed by atoms with Gasteiger partial charge >= 0.3 is 0 Å². The Morgan fingerprint density at radius 3 is 2.88 bits per heavy atom. The lowest BCUT2D eigenvalue weighted by molar-refractivity contribution is 0.580. The van der Waals surface area contributed by atoms with E-state index in [4.69, 9.17) is 11.6 Å². The molecule has 0 aliphatic rings. The van der Waals surface area contributed by atoms with Crippen molar-refractivity contribution in [1.82, 2.24) is 14.9 Å². The Hall–Kier alpha value is -0.590. The normalized spacial score (nSPS) is 11.9. The minimum absolute atomic E-state index is 0.0285. The van der Waals surface area contributed by atoms with E-state index < -0.39 is 10.0 Å². The minimum Gasteiger partial charge on any atom is -0.283 e. The van der Waals surface area contributed by atoms with E-state index in [0.29, 0.717) is 6.54 Å². The number of H-pyrrole nitrogens is 1. The number of hydrogen-bond donors (Lipinski definition) is 2. The SMILES string of the molecule is Cc1[nH]ncc1CCCNS(=O)(=O)CCCl. The molecule has 92 valence electrons. The smallest absolute Gasteiger partial charge is 0.212 e. The second-order valence-electron chi connectivity index (χ2n) is 3.53. The van der Waals surface area contributed by atoms with Crippen molar-refractivity contribution in [2.45, 2.75) is 19.8 Å². The van der Waals surface area contributed by atoms with E-state index >= 15 is 0 Å². The molecule has 0 aliphatic heterocycles. The maximum absolute atomic E-state index is 11.2. The van der Waals surface area contributed by atoms with E-state index in [1.54, 1.807) is 6.20 Å². The second kappa shape index (κ2) is 6.22. The molecule has 0 unspecified atom stereocenters. The van der Waals surface area contributed by atoms with Gasteiger partial charge in [0.1, 0.15) is 0 Å². The summed E-state index contributed by atoms with van der Waals surface area (Å²) in [5.74, 6) is 0.0927. The van der Waals surface area contributed by atoms with Crippen molar-refractivity contribution in [2.24, 2.45) is 0 Å². The minimum atomic E-state index is -3.19. The summed E-state index contributed by atoms with van der Waals surface area (Å²) in [6, 6.07) is 0. The summed E-state index contributed by atoms with van der Waals surface area (Å²) in [5.41, 5.74) is 2.15. The number of aromatic amines is 1. The lowest BCUT2D eigenvalue weighted by atomic mass is 10.1. The van der Waals surface area contributed by atoms with E-state index in [9.17, 15) is 8.42 Å². The Balaban J connectivity index is 2.25. The van der Waals surface area contributed by atoms with Gasteiger partial charge < -0.3 is 0 Å². The van der Waals surface area contributed by atoms with Gasteiger partial charge in [0, 0.05) is 18.1 Å². The molecule has 0 aliphatic carbocycles. The fourth-order valence-corrected chi connectivity index (χ4v) is 2.72. The zero-order valence-electron chi connectivity index (χ0n) is 9.16. The molecule has 5 nitrogen and oxygen atoms in total. The molecule has 0 aromatic carbocycles. The number of hydrogen-bond acceptors (Lipinski definition) is 3. The first-order valence-corrected chi connectivity index (χ1v) is 7.26. The summed E-state index contributed by atoms with van der Waals surface area (Å²) in [6.07, 6.45) is 3.33. The van der Waals surface area contributed by atoms with Crippen LogP contribution in [0.15, 0.2) is 6.20 Å². The molecule has 0 amide bonds. The van der Waals surface area contributed by atoms with E-state index in [1.165, 1.54) is 0 Å². The van der Waals surface area contributed by atoms with Gasteiger partial charge in [0.2, 0.25) is 10.0 Å². The molecular weight excluding hydrogens is 250 g/mol. The van der Waals surface area contributed by atoms with E-state index in [2.05, 4.69) is 14.9 Å². The predicted molar refractivity (Wildman–Crippen MR) is 64.2 cm³/mol. The fourth-order valence-electron chi connectivity index (χ4n) is 1.31. The second-order valence-corrected chi connectivity index (χ2v) is 5.83. The van der Waals surface area contributed by atoms with Crippen LogP contribution in [0.4, 0.5) is 0 Å². The number of nitrogens with one attached hydrogen (secondary N) is 2. The average Bonchev–Trinajstić information content (AvgIpc) is 2.59. The first kappa shape index (κ1) is 13.5. The molecule has 1 heterocycles. The van der Waals surface area contributed by atoms with Crippen molar-refractivity contribution < 1.29 is 8.42 Å². The van der Waals surface area contributed by atoms with Crippen molar-refractivity contribution in [2.75, 3.05) is 18.2 Å². The number of halogens is 1. The van der Waals surface area contributed by atoms with Gasteiger partial charge in [-0.2, -0.15) is 5.10 Å². The Morgan fingerprint density at radius 1 is 1.56 bits per heavy atom. The summed E-state index contributed by atoms with van der Waals surface area (Å²) in [6.45, 7) is 2.38. The highest BCUT2D eigenvalue weighted by atomic mass is 35.5. The molecule has 0 saturated carbocycles. The van der Waals surface area contributed by atoms with E-state index in [1.807, 2.05) is 6.92 Å². The largest absolute Gasteiger partial charge is 0.283 e. The van der Waals surface area contributed by atoms with E-state index in [-0.39, 0.29) is 11.6 Å². The molecule has 0 fully saturated rings. The lowest BCUT2D eigenvalue weighted by Gasteiger charge is -2.04. The molecule has 0 bridgehead atoms. The Labute approximate surface area is 101 Å². The zero-order chi connectivity index (χ0) is 12.0. The molecule has 7 heteroatoms. The number of nitrogens with zero attached hydrogens (tertiary/aromatic N) is 1. The lowest BCUT2D eigenvalue weighted by Crippen LogP contribution is -2.28. The van der Waals surface area contributed by atoms with Crippen LogP contribution in [0.2, 0.25) is 0 Å². The van der Waals surface area contributed by atoms with Crippen molar-refractivity contribution in [3.63, 3.8) is 0 Å². The maximum Gasteiger partial charge on any atom is 0.212 e. The predicted octanol–water partition coefficient (Wildman–Crippen LogP) is 0.809. The van der Waals surface area contributed by atoms with Gasteiger partial charge in [-0.1, -0.05) is 0 Å². The highest BCUT2D eigenvalue weighted by Crippen LogP contribution is 2.05. The van der Waals surface area contributed by atoms with Crippen LogP contribution in [0.3, 0.4) is 0 Å². The quantitative estimate of drug-likeness (QED) is 0.566. The Kier molecular flexibility index (Phi) is 5.24. The Bertz CT molecular complexity index is 416. The first-order chi connectivity index (χ1) is 7.55. The van der Waals surface area contributed by atoms with Crippen molar-refractivity contribution in [3.8, 4) is 0 Å². The number of sulfonamides is 1. The summed E-state index contributed by atoms with van der Waals surface area (Å²) in [4.78, 5) is 0. The third kappa shape index (κ3) is 4.51. The van der Waals surface area contributed by atoms with Crippen molar-refractivity contribution in [3.05, 3.63) is 17.5 Å². The van der Waals surface area contributed by atoms with Gasteiger partial charge in [-0.3, -0.25) is 5.10 Å². The molecule has 0 radical (unpaired) electrons. The average molecular weight is 266 g/mol. The molecule has 1 aromatic heterocycles. The summed E-state index contributed by atoms with van der Waals surface area (Å²) < 4.78 is 25.0. The van der Waals surface area contributed by atoms with Crippen LogP contribution in [0.25, 0.3) is 0 Å². The molecular formula is C9H16ClN3O2S. The van der Waals surface area contributed by atoms with Crippen LogP contribution >= 0.6 is 11.6 Å². The van der Waals surface area contributed by atoms with Crippen LogP contribution < -0.4 is 4.72 Å². The number of alkyl halides is 1. The fraction of sp³-hybridized carbons (Fsp3) is 0.667. The van der Waals surface area contributed by atoms with Gasteiger partial charge in [-0.15, -0.1) is 11.6 Å². The molecule has 0 saturated heterocycles. The van der Waals surface area contributed by atoms with Gasteiger partial charge in [0.25, 0.3) is 0 Å². The number of rotatable bonds is 7. The van der Waals surface area contributed by atoms with Gasteiger partial charge in [0.05, 0.1) is 11.9 Å². The highest BCUT2D eigenvalue weighted by molar-refractivity contribution is 7.89. The standard InChI is InChI=1S/C9H16ClN3O2S/c1-8-9(7-11-13-8)3-2-5-12-16(14,15)6-4-10/h7,12H,2-6H2,1H3,(H,11,13). The number of aryl methyl sites for hydroxylation is 2. The van der Waals surface area contributed by atoms with E-state index in [0.717, 1.165) is 24.1 Å².